The Kier molecular flexibility index (Phi) is 9.85. The van der Waals surface area contributed by atoms with Crippen molar-refractivity contribution >= 4 is 0 Å². The van der Waals surface area contributed by atoms with Crippen LogP contribution in [0, 0.1) is 11.3 Å². The Morgan fingerprint density at radius 2 is 1.76 bits per heavy atom. The van der Waals surface area contributed by atoms with Crippen LogP contribution in [-0.4, -0.2) is 24.9 Å². The summed E-state index contributed by atoms with van der Waals surface area (Å²) in [5.41, 5.74) is 0.186. The van der Waals surface area contributed by atoms with Crippen molar-refractivity contribution in [3.63, 3.8) is 0 Å². The first-order chi connectivity index (χ1) is 8.02. The fourth-order valence-corrected chi connectivity index (χ4v) is 2.22. The highest BCUT2D eigenvalue weighted by atomic mass is 16.5. The quantitative estimate of drug-likeness (QED) is 0.556. The topological polar surface area (TPSA) is 29.5 Å². The van der Waals surface area contributed by atoms with Crippen molar-refractivity contribution in [2.24, 2.45) is 11.3 Å². The van der Waals surface area contributed by atoms with Gasteiger partial charge in [-0.25, -0.2) is 0 Å². The van der Waals surface area contributed by atoms with Crippen molar-refractivity contribution in [1.29, 1.82) is 0 Å². The van der Waals surface area contributed by atoms with E-state index in [0.29, 0.717) is 5.92 Å². The molecule has 1 N–H and O–H groups in total. The number of rotatable bonds is 11. The molecule has 0 bridgehead atoms. The Labute approximate surface area is 108 Å². The number of ether oxygens (including phenoxy) is 1. The van der Waals surface area contributed by atoms with Crippen molar-refractivity contribution < 1.29 is 9.84 Å². The normalized spacial score (nSPS) is 13.9. The van der Waals surface area contributed by atoms with E-state index in [0.717, 1.165) is 19.6 Å². The highest BCUT2D eigenvalue weighted by Gasteiger charge is 2.20. The average Bonchev–Trinajstić information content (AvgIpc) is 2.27. The standard InChI is InChI=1S/C15H32O2/c1-5-6-7-8-9-10-17-13-15(3,4)11-14(2)12-16/h14,16H,5-13H2,1-4H3. The van der Waals surface area contributed by atoms with Gasteiger partial charge in [-0.05, 0) is 24.2 Å². The van der Waals surface area contributed by atoms with Gasteiger partial charge in [0.05, 0.1) is 6.61 Å². The zero-order valence-corrected chi connectivity index (χ0v) is 12.3. The van der Waals surface area contributed by atoms with E-state index in [1.54, 1.807) is 0 Å². The molecule has 0 aromatic rings. The molecule has 1 atom stereocenters. The van der Waals surface area contributed by atoms with Crippen LogP contribution < -0.4 is 0 Å². The lowest BCUT2D eigenvalue weighted by Crippen LogP contribution is -2.23. The van der Waals surface area contributed by atoms with Gasteiger partial charge in [-0.3, -0.25) is 0 Å². The van der Waals surface area contributed by atoms with E-state index >= 15 is 0 Å². The van der Waals surface area contributed by atoms with E-state index in [2.05, 4.69) is 27.7 Å². The van der Waals surface area contributed by atoms with Gasteiger partial charge in [-0.2, -0.15) is 0 Å². The van der Waals surface area contributed by atoms with E-state index < -0.39 is 0 Å². The molecule has 0 aromatic carbocycles. The van der Waals surface area contributed by atoms with E-state index in [9.17, 15) is 0 Å². The molecule has 0 aliphatic heterocycles. The Bertz CT molecular complexity index is 166. The Hall–Kier alpha value is -0.0800. The molecular formula is C15H32O2. The molecule has 0 aliphatic carbocycles. The molecule has 17 heavy (non-hydrogen) atoms. The van der Waals surface area contributed by atoms with Crippen LogP contribution in [0.2, 0.25) is 0 Å². The van der Waals surface area contributed by atoms with Crippen LogP contribution in [0.3, 0.4) is 0 Å². The zero-order chi connectivity index (χ0) is 13.1. The van der Waals surface area contributed by atoms with E-state index in [1.807, 2.05) is 0 Å². The fraction of sp³-hybridized carbons (Fsp3) is 1.00. The van der Waals surface area contributed by atoms with Crippen molar-refractivity contribution in [2.45, 2.75) is 66.2 Å². The summed E-state index contributed by atoms with van der Waals surface area (Å²) in [5.74, 6) is 0.373. The molecule has 0 aliphatic rings. The summed E-state index contributed by atoms with van der Waals surface area (Å²) in [5, 5.41) is 9.05. The van der Waals surface area contributed by atoms with Gasteiger partial charge in [0.15, 0.2) is 0 Å². The van der Waals surface area contributed by atoms with E-state index in [-0.39, 0.29) is 12.0 Å². The predicted octanol–water partition coefficient (Wildman–Crippen LogP) is 4.02. The largest absolute Gasteiger partial charge is 0.396 e. The predicted molar refractivity (Wildman–Crippen MR) is 74.2 cm³/mol. The fourth-order valence-electron chi connectivity index (χ4n) is 2.22. The second-order valence-electron chi connectivity index (χ2n) is 6.12. The minimum atomic E-state index is 0.186. The van der Waals surface area contributed by atoms with Gasteiger partial charge in [-0.15, -0.1) is 0 Å². The van der Waals surface area contributed by atoms with Crippen molar-refractivity contribution in [3.05, 3.63) is 0 Å². The molecule has 0 saturated heterocycles. The second kappa shape index (κ2) is 9.90. The van der Waals surface area contributed by atoms with Crippen LogP contribution in [0.5, 0.6) is 0 Å². The third kappa shape index (κ3) is 10.8. The molecule has 0 aromatic heterocycles. The Morgan fingerprint density at radius 3 is 2.35 bits per heavy atom. The molecular weight excluding hydrogens is 212 g/mol. The molecule has 104 valence electrons. The van der Waals surface area contributed by atoms with Crippen LogP contribution in [-0.2, 0) is 4.74 Å². The third-order valence-electron chi connectivity index (χ3n) is 3.10. The second-order valence-corrected chi connectivity index (χ2v) is 6.12. The van der Waals surface area contributed by atoms with Crippen LogP contribution in [0.4, 0.5) is 0 Å². The molecule has 0 spiro atoms. The minimum Gasteiger partial charge on any atom is -0.396 e. The Balaban J connectivity index is 3.45. The van der Waals surface area contributed by atoms with Gasteiger partial charge in [0, 0.05) is 13.2 Å². The maximum absolute atomic E-state index is 9.05. The summed E-state index contributed by atoms with van der Waals surface area (Å²) in [6.07, 6.45) is 7.49. The molecule has 0 rings (SSSR count). The number of hydrogen-bond donors (Lipinski definition) is 1. The number of aliphatic hydroxyl groups is 1. The van der Waals surface area contributed by atoms with Gasteiger partial charge in [0.2, 0.25) is 0 Å². The first-order valence-corrected chi connectivity index (χ1v) is 7.20. The summed E-state index contributed by atoms with van der Waals surface area (Å²) in [4.78, 5) is 0. The summed E-state index contributed by atoms with van der Waals surface area (Å²) in [7, 11) is 0. The van der Waals surface area contributed by atoms with Gasteiger partial charge in [-0.1, -0.05) is 53.4 Å². The summed E-state index contributed by atoms with van der Waals surface area (Å²) in [6, 6.07) is 0. The lowest BCUT2D eigenvalue weighted by atomic mass is 9.84. The van der Waals surface area contributed by atoms with Gasteiger partial charge in [0.1, 0.15) is 0 Å². The first kappa shape index (κ1) is 16.9. The molecule has 0 radical (unpaired) electrons. The lowest BCUT2D eigenvalue weighted by Gasteiger charge is -2.27. The van der Waals surface area contributed by atoms with Gasteiger partial charge >= 0.3 is 0 Å². The van der Waals surface area contributed by atoms with Crippen LogP contribution in [0.25, 0.3) is 0 Å². The molecule has 0 amide bonds. The van der Waals surface area contributed by atoms with Crippen molar-refractivity contribution in [3.8, 4) is 0 Å². The molecule has 1 unspecified atom stereocenters. The molecule has 0 fully saturated rings. The first-order valence-electron chi connectivity index (χ1n) is 7.20. The number of aliphatic hydroxyl groups excluding tert-OH is 1. The lowest BCUT2D eigenvalue weighted by molar-refractivity contribution is 0.0421. The molecule has 2 heteroatoms. The zero-order valence-electron chi connectivity index (χ0n) is 12.3. The molecule has 2 nitrogen and oxygen atoms in total. The SMILES string of the molecule is CCCCCCCOCC(C)(C)CC(C)CO. The van der Waals surface area contributed by atoms with E-state index in [1.165, 1.54) is 32.1 Å². The average molecular weight is 244 g/mol. The monoisotopic (exact) mass is 244 g/mol. The number of hydrogen-bond acceptors (Lipinski definition) is 2. The van der Waals surface area contributed by atoms with Crippen LogP contribution >= 0.6 is 0 Å². The Morgan fingerprint density at radius 1 is 1.12 bits per heavy atom. The third-order valence-corrected chi connectivity index (χ3v) is 3.10. The highest BCUT2D eigenvalue weighted by Crippen LogP contribution is 2.25. The van der Waals surface area contributed by atoms with Gasteiger partial charge < -0.3 is 9.84 Å². The van der Waals surface area contributed by atoms with Gasteiger partial charge in [0.25, 0.3) is 0 Å². The number of unbranched alkanes of at least 4 members (excludes halogenated alkanes) is 4. The highest BCUT2D eigenvalue weighted by molar-refractivity contribution is 4.70. The van der Waals surface area contributed by atoms with Crippen LogP contribution in [0.15, 0.2) is 0 Å². The summed E-state index contributed by atoms with van der Waals surface area (Å²) < 4.78 is 5.74. The maximum atomic E-state index is 9.05. The molecule has 0 heterocycles. The van der Waals surface area contributed by atoms with E-state index in [4.69, 9.17) is 9.84 Å². The van der Waals surface area contributed by atoms with Crippen molar-refractivity contribution in [2.75, 3.05) is 19.8 Å². The van der Waals surface area contributed by atoms with Crippen molar-refractivity contribution in [1.82, 2.24) is 0 Å². The summed E-state index contributed by atoms with van der Waals surface area (Å²) >= 11 is 0. The smallest absolute Gasteiger partial charge is 0.0517 e. The van der Waals surface area contributed by atoms with Crippen LogP contribution in [0.1, 0.15) is 66.2 Å². The minimum absolute atomic E-state index is 0.186. The maximum Gasteiger partial charge on any atom is 0.0517 e. The molecule has 0 saturated carbocycles. The summed E-state index contributed by atoms with van der Waals surface area (Å²) in [6.45, 7) is 10.7.